The molecule has 0 bridgehead atoms. The number of carboxylic acid groups (broad SMARTS) is 1. The Morgan fingerprint density at radius 1 is 0.698 bits per heavy atom. The van der Waals surface area contributed by atoms with Crippen molar-refractivity contribution in [2.24, 2.45) is 0 Å². The first-order valence-corrected chi connectivity index (χ1v) is 16.9. The number of nitrogens with two attached hydrogens (primary N) is 1. The number of nitrogen functional groups attached to an aromatic ring is 1. The fourth-order valence-corrected chi connectivity index (χ4v) is 6.66. The molecule has 4 aromatic carbocycles. The predicted molar refractivity (Wildman–Crippen MR) is 199 cm³/mol. The number of amides is 1. The number of hydrogen-bond acceptors (Lipinski definition) is 11. The summed E-state index contributed by atoms with van der Waals surface area (Å²) in [7, 11) is 0. The van der Waals surface area contributed by atoms with Gasteiger partial charge in [0.05, 0.1) is 55.7 Å². The van der Waals surface area contributed by atoms with Crippen LogP contribution in [0.1, 0.15) is 38.0 Å². The number of benzene rings is 4. The van der Waals surface area contributed by atoms with E-state index in [9.17, 15) is 23.2 Å². The van der Waals surface area contributed by atoms with Crippen LogP contribution in [0.15, 0.2) is 97.8 Å². The molecule has 266 valence electrons. The Morgan fingerprint density at radius 2 is 1.21 bits per heavy atom. The maximum atomic E-state index is 13.3. The average Bonchev–Trinajstić information content (AvgIpc) is 3.99. The number of hydrogen-bond donors (Lipinski definition) is 6. The minimum Gasteiger partial charge on any atom is -0.478 e. The first-order valence-electron chi connectivity index (χ1n) is 15.3. The second-order valence-electron chi connectivity index (χ2n) is 10.9. The Hall–Kier alpha value is -6.92. The Bertz CT molecular complexity index is 2630. The van der Waals surface area contributed by atoms with Gasteiger partial charge >= 0.3 is 5.97 Å². The van der Waals surface area contributed by atoms with E-state index in [1.54, 1.807) is 18.3 Å². The van der Waals surface area contributed by atoms with Crippen LogP contribution in [-0.4, -0.2) is 63.3 Å². The number of fused-ring (bicyclic) bond motifs is 6. The molecule has 5 aromatic heterocycles. The van der Waals surface area contributed by atoms with Crippen molar-refractivity contribution in [3.8, 4) is 0 Å². The van der Waals surface area contributed by atoms with Crippen LogP contribution in [-0.2, 0) is 0 Å². The number of nitrogens with one attached hydrogen (secondary N) is 4. The fraction of sp³-hybridized carbons (Fsp3) is 0.0286. The minimum atomic E-state index is -0.959. The molecule has 0 aliphatic carbocycles. The summed E-state index contributed by atoms with van der Waals surface area (Å²) in [6.45, 7) is 1.50. The lowest BCUT2D eigenvalue weighted by Crippen LogP contribution is -2.10. The van der Waals surface area contributed by atoms with Gasteiger partial charge in [0.15, 0.2) is 16.0 Å². The Labute approximate surface area is 304 Å². The van der Waals surface area contributed by atoms with Gasteiger partial charge in [-0.15, -0.1) is 0 Å². The highest BCUT2D eigenvalue weighted by Crippen LogP contribution is 2.33. The smallest absolute Gasteiger partial charge is 0.338 e. The molecule has 0 saturated heterocycles. The van der Waals surface area contributed by atoms with Gasteiger partial charge in [0.2, 0.25) is 0 Å². The van der Waals surface area contributed by atoms with Crippen molar-refractivity contribution in [2.75, 3.05) is 11.1 Å². The lowest BCUT2D eigenvalue weighted by molar-refractivity contribution is 0.0696. The molecule has 18 heteroatoms. The van der Waals surface area contributed by atoms with Gasteiger partial charge in [0, 0.05) is 29.4 Å². The zero-order valence-electron chi connectivity index (χ0n) is 27.3. The second-order valence-corrected chi connectivity index (χ2v) is 12.9. The number of carbonyl (C=O) groups is 3. The van der Waals surface area contributed by atoms with Crippen molar-refractivity contribution in [1.82, 2.24) is 40.6 Å². The molecule has 14 nitrogen and oxygen atoms in total. The number of aromatic nitrogens is 8. The van der Waals surface area contributed by atoms with Gasteiger partial charge in [-0.3, -0.25) is 30.2 Å². The summed E-state index contributed by atoms with van der Waals surface area (Å²) in [5, 5.41) is 33.9. The number of H-pyrrole nitrogens is 3. The van der Waals surface area contributed by atoms with E-state index in [1.807, 2.05) is 24.3 Å². The number of carboxylic acids is 1. The lowest BCUT2D eigenvalue weighted by Gasteiger charge is -1.98. The summed E-state index contributed by atoms with van der Waals surface area (Å²) >= 11 is 2.79. The van der Waals surface area contributed by atoms with Gasteiger partial charge in [-0.1, -0.05) is 34.8 Å². The number of Topliss-reactive ketones (excluding diaryl/α,β-unsaturated/α-hetero) is 1. The first kappa shape index (κ1) is 35.9. The van der Waals surface area contributed by atoms with E-state index in [4.69, 9.17) is 10.8 Å². The molecule has 0 unspecified atom stereocenters. The molecular formula is C35H26F2N10O4S2. The summed E-state index contributed by atoms with van der Waals surface area (Å²) in [5.41, 5.74) is 8.54. The highest BCUT2D eigenvalue weighted by Gasteiger charge is 2.13. The number of aromatic amines is 3. The van der Waals surface area contributed by atoms with Crippen molar-refractivity contribution >= 4 is 92.6 Å². The van der Waals surface area contributed by atoms with Crippen LogP contribution >= 0.6 is 22.7 Å². The molecular weight excluding hydrogens is 727 g/mol. The zero-order valence-corrected chi connectivity index (χ0v) is 28.9. The van der Waals surface area contributed by atoms with E-state index in [2.05, 4.69) is 45.9 Å². The van der Waals surface area contributed by atoms with E-state index in [0.717, 1.165) is 42.0 Å². The number of ketones is 1. The first-order chi connectivity index (χ1) is 25.5. The molecule has 1 amide bonds. The summed E-state index contributed by atoms with van der Waals surface area (Å²) in [6, 6.07) is 16.7. The molecule has 5 heterocycles. The Morgan fingerprint density at radius 3 is 1.68 bits per heavy atom. The number of nitrogens with zero attached hydrogens (tertiary/aromatic N) is 5. The number of rotatable bonds is 4. The van der Waals surface area contributed by atoms with Crippen LogP contribution in [0.3, 0.4) is 0 Å². The molecule has 0 saturated carbocycles. The number of halogens is 2. The van der Waals surface area contributed by atoms with Crippen LogP contribution in [0.5, 0.6) is 0 Å². The van der Waals surface area contributed by atoms with Gasteiger partial charge in [-0.2, -0.15) is 15.3 Å². The van der Waals surface area contributed by atoms with Crippen LogP contribution < -0.4 is 11.1 Å². The van der Waals surface area contributed by atoms with E-state index in [0.29, 0.717) is 21.4 Å². The molecule has 53 heavy (non-hydrogen) atoms. The summed E-state index contributed by atoms with van der Waals surface area (Å²) < 4.78 is 28.2. The number of aromatic carboxylic acids is 1. The van der Waals surface area contributed by atoms with Crippen molar-refractivity contribution < 1.29 is 28.3 Å². The standard InChI is InChI=1S/C15H9FN4OS.C11H7FN2S.C5H6N2O.C4H4N2O2/c16-10-2-3-11-8(5-10)1-4-12-13(11)22-15(19-12)20-14(21)9-6-17-18-7-9;12-7-2-3-8-6(5-7)1-4-9-10(8)15-11(13)14-9;1-4(8)5-2-6-7-3-5;7-4(8)3-1-5-6-2-3/h1-7H,(H,17,18)(H,19,20,21);1-5H,(H2,13,14);2-3H,1H3,(H,6,7);1-2H,(H,5,6)(H,7,8). The number of thiazole rings is 2. The summed E-state index contributed by atoms with van der Waals surface area (Å²) in [5.74, 6) is -1.69. The number of anilines is 2. The van der Waals surface area contributed by atoms with E-state index in [1.165, 1.54) is 84.8 Å². The molecule has 9 aromatic rings. The number of carbonyl (C=O) groups excluding carboxylic acids is 2. The Kier molecular flexibility index (Phi) is 10.8. The molecule has 0 aliphatic rings. The monoisotopic (exact) mass is 752 g/mol. The predicted octanol–water partition coefficient (Wildman–Crippen LogP) is 7.46. The normalized spacial score (nSPS) is 10.5. The van der Waals surface area contributed by atoms with E-state index < -0.39 is 5.97 Å². The van der Waals surface area contributed by atoms with Gasteiger partial charge in [-0.05, 0) is 66.2 Å². The molecule has 9 rings (SSSR count). The van der Waals surface area contributed by atoms with Gasteiger partial charge in [0.1, 0.15) is 11.6 Å². The van der Waals surface area contributed by atoms with E-state index in [-0.39, 0.29) is 28.9 Å². The van der Waals surface area contributed by atoms with Gasteiger partial charge < -0.3 is 10.8 Å². The quantitative estimate of drug-likeness (QED) is 0.0974. The van der Waals surface area contributed by atoms with Crippen molar-refractivity contribution in [3.05, 3.63) is 126 Å². The maximum absolute atomic E-state index is 13.3. The third-order valence-electron chi connectivity index (χ3n) is 7.31. The molecule has 0 atom stereocenters. The maximum Gasteiger partial charge on any atom is 0.338 e. The van der Waals surface area contributed by atoms with E-state index >= 15 is 0 Å². The van der Waals surface area contributed by atoms with Crippen molar-refractivity contribution in [3.63, 3.8) is 0 Å². The summed E-state index contributed by atoms with van der Waals surface area (Å²) in [6.07, 6.45) is 8.61. The largest absolute Gasteiger partial charge is 0.478 e. The summed E-state index contributed by atoms with van der Waals surface area (Å²) in [4.78, 5) is 41.0. The molecule has 0 fully saturated rings. The molecule has 0 aliphatic heterocycles. The molecule has 0 spiro atoms. The SMILES string of the molecule is CC(=O)c1cn[nH]c1.Nc1nc2ccc3cc(F)ccc3c2s1.O=C(Nc1nc2ccc3cc(F)ccc3c2s1)c1cn[nH]c1.O=C(O)c1cn[nH]c1. The topological polar surface area (TPSA) is 221 Å². The minimum absolute atomic E-state index is 0.0405. The second kappa shape index (κ2) is 16.0. The van der Waals surface area contributed by atoms with Crippen LogP contribution in [0, 0.1) is 11.6 Å². The third-order valence-corrected chi connectivity index (χ3v) is 9.27. The third kappa shape index (κ3) is 8.70. The highest BCUT2D eigenvalue weighted by atomic mass is 32.1. The van der Waals surface area contributed by atoms with Crippen molar-refractivity contribution in [1.29, 1.82) is 0 Å². The van der Waals surface area contributed by atoms with Crippen LogP contribution in [0.4, 0.5) is 19.0 Å². The highest BCUT2D eigenvalue weighted by molar-refractivity contribution is 7.23. The molecule has 0 radical (unpaired) electrons. The Balaban J connectivity index is 0.000000133. The van der Waals surface area contributed by atoms with Gasteiger partial charge in [0.25, 0.3) is 5.91 Å². The fourth-order valence-electron chi connectivity index (χ4n) is 4.80. The van der Waals surface area contributed by atoms with Crippen LogP contribution in [0.25, 0.3) is 42.0 Å². The van der Waals surface area contributed by atoms with Crippen LogP contribution in [0.2, 0.25) is 0 Å². The average molecular weight is 753 g/mol. The zero-order chi connectivity index (χ0) is 37.5. The lowest BCUT2D eigenvalue weighted by atomic mass is 10.1. The van der Waals surface area contributed by atoms with Crippen molar-refractivity contribution in [2.45, 2.75) is 6.92 Å². The molecule has 7 N–H and O–H groups in total. The van der Waals surface area contributed by atoms with Gasteiger partial charge in [-0.25, -0.2) is 23.5 Å².